The SMILES string of the molecule is C=CC(=O)OCOc1cc(OC(=O)C2CCC(C(=O)Oc3ccc(OC(=O)C4CCC(C(=O)Oc5ccc(OC(=O)C=C)c(OCOC(=O)C=C)c5)CC4)c(/C=N/Nc4nc5ccccc5s4)c3)CC2)ccc1OC(C)=O. The van der Waals surface area contributed by atoms with Gasteiger partial charge >= 0.3 is 47.8 Å². The maximum Gasteiger partial charge on any atom is 0.335 e. The minimum Gasteiger partial charge on any atom is -0.453 e. The van der Waals surface area contributed by atoms with Gasteiger partial charge in [-0.2, -0.15) is 5.10 Å². The summed E-state index contributed by atoms with van der Waals surface area (Å²) in [5.74, 6) is -7.03. The second-order valence-electron chi connectivity index (χ2n) is 17.1. The summed E-state index contributed by atoms with van der Waals surface area (Å²) in [6.45, 7) is 10.1. The van der Waals surface area contributed by atoms with Gasteiger partial charge in [0.2, 0.25) is 18.7 Å². The third kappa shape index (κ3) is 15.9. The van der Waals surface area contributed by atoms with E-state index >= 15 is 0 Å². The predicted octanol–water partition coefficient (Wildman–Crippen LogP) is 8.52. The van der Waals surface area contributed by atoms with Gasteiger partial charge in [-0.15, -0.1) is 0 Å². The number of hydrogen-bond donors (Lipinski definition) is 1. The number of ether oxygens (including phenoxy) is 10. The molecule has 0 aliphatic heterocycles. The number of para-hydroxylation sites is 1. The number of rotatable bonds is 22. The molecule has 0 amide bonds. The summed E-state index contributed by atoms with van der Waals surface area (Å²) in [4.78, 5) is 105. The molecular weight excluding hydrogens is 1020 g/mol. The van der Waals surface area contributed by atoms with Gasteiger partial charge in [0, 0.05) is 42.8 Å². The predicted molar refractivity (Wildman–Crippen MR) is 274 cm³/mol. The van der Waals surface area contributed by atoms with Crippen LogP contribution in [0, 0.1) is 23.7 Å². The molecule has 7 rings (SSSR count). The zero-order valence-electron chi connectivity index (χ0n) is 41.5. The number of carbonyl (C=O) groups is 8. The van der Waals surface area contributed by atoms with Gasteiger partial charge in [-0.1, -0.05) is 43.2 Å². The Labute approximate surface area is 444 Å². The monoisotopic (exact) mass is 1070 g/mol. The van der Waals surface area contributed by atoms with Crippen LogP contribution in [-0.4, -0.2) is 72.5 Å². The Morgan fingerprint density at radius 2 is 0.987 bits per heavy atom. The lowest BCUT2D eigenvalue weighted by Crippen LogP contribution is -2.30. The number of aromatic nitrogens is 1. The van der Waals surface area contributed by atoms with Crippen LogP contribution in [-0.2, 0) is 47.8 Å². The van der Waals surface area contributed by atoms with E-state index in [9.17, 15) is 38.4 Å². The second kappa shape index (κ2) is 26.9. The van der Waals surface area contributed by atoms with Gasteiger partial charge in [0.1, 0.15) is 23.0 Å². The van der Waals surface area contributed by atoms with E-state index < -0.39 is 85.0 Å². The van der Waals surface area contributed by atoms with Crippen LogP contribution in [0.25, 0.3) is 10.2 Å². The fourth-order valence-electron chi connectivity index (χ4n) is 8.00. The molecule has 1 N–H and O–H groups in total. The first-order valence-corrected chi connectivity index (χ1v) is 24.8. The third-order valence-electron chi connectivity index (χ3n) is 11.9. The molecular formula is C55H51N3O18S. The fourth-order valence-corrected chi connectivity index (χ4v) is 8.82. The van der Waals surface area contributed by atoms with Gasteiger partial charge in [-0.3, -0.25) is 29.4 Å². The van der Waals surface area contributed by atoms with Crippen LogP contribution in [0.1, 0.15) is 63.9 Å². The Bertz CT molecular complexity index is 3060. The Morgan fingerprint density at radius 3 is 1.45 bits per heavy atom. The van der Waals surface area contributed by atoms with Crippen molar-refractivity contribution in [3.8, 4) is 46.0 Å². The largest absolute Gasteiger partial charge is 0.453 e. The van der Waals surface area contributed by atoms with Crippen LogP contribution in [0.4, 0.5) is 5.13 Å². The van der Waals surface area contributed by atoms with Crippen molar-refractivity contribution in [2.45, 2.75) is 58.3 Å². The topological polar surface area (TPSA) is 266 Å². The van der Waals surface area contributed by atoms with E-state index in [0.29, 0.717) is 62.1 Å². The van der Waals surface area contributed by atoms with Crippen molar-refractivity contribution < 1.29 is 85.7 Å². The lowest BCUT2D eigenvalue weighted by Gasteiger charge is -2.26. The molecule has 0 saturated heterocycles. The number of nitrogens with zero attached hydrogens (tertiary/aromatic N) is 2. The highest BCUT2D eigenvalue weighted by Gasteiger charge is 2.34. The van der Waals surface area contributed by atoms with E-state index in [-0.39, 0.29) is 46.0 Å². The molecule has 0 bridgehead atoms. The highest BCUT2D eigenvalue weighted by atomic mass is 32.1. The first kappa shape index (κ1) is 55.6. The van der Waals surface area contributed by atoms with Gasteiger partial charge in [-0.25, -0.2) is 19.4 Å². The van der Waals surface area contributed by atoms with Crippen LogP contribution >= 0.6 is 11.3 Å². The van der Waals surface area contributed by atoms with Crippen LogP contribution < -0.4 is 43.3 Å². The van der Waals surface area contributed by atoms with Crippen molar-refractivity contribution >= 4 is 80.7 Å². The Morgan fingerprint density at radius 1 is 0.545 bits per heavy atom. The number of hydrogen-bond acceptors (Lipinski definition) is 22. The first-order chi connectivity index (χ1) is 37.2. The summed E-state index contributed by atoms with van der Waals surface area (Å²) in [5, 5.41) is 4.86. The molecule has 4 aromatic carbocycles. The zero-order valence-corrected chi connectivity index (χ0v) is 42.3. The normalized spacial score (nSPS) is 16.8. The molecule has 2 saturated carbocycles. The maximum absolute atomic E-state index is 13.7. The Balaban J connectivity index is 0.956. The van der Waals surface area contributed by atoms with Crippen molar-refractivity contribution in [2.75, 3.05) is 19.0 Å². The van der Waals surface area contributed by atoms with Crippen LogP contribution in [0.3, 0.4) is 0 Å². The minimum atomic E-state index is -0.781. The number of esters is 8. The highest BCUT2D eigenvalue weighted by molar-refractivity contribution is 7.22. The van der Waals surface area contributed by atoms with E-state index in [2.05, 4.69) is 35.2 Å². The number of thiazole rings is 1. The molecule has 0 spiro atoms. The van der Waals surface area contributed by atoms with Gasteiger partial charge < -0.3 is 47.4 Å². The number of nitrogens with one attached hydrogen (secondary N) is 1. The molecule has 2 aliphatic carbocycles. The average molecular weight is 1070 g/mol. The molecule has 22 heteroatoms. The zero-order chi connectivity index (χ0) is 54.8. The molecule has 77 heavy (non-hydrogen) atoms. The van der Waals surface area contributed by atoms with E-state index in [1.165, 1.54) is 79.1 Å². The minimum absolute atomic E-state index is 0.00930. The van der Waals surface area contributed by atoms with Crippen LogP contribution in [0.2, 0.25) is 0 Å². The van der Waals surface area contributed by atoms with Gasteiger partial charge in [0.25, 0.3) is 0 Å². The number of anilines is 1. The molecule has 2 aliphatic rings. The Kier molecular flexibility index (Phi) is 19.4. The lowest BCUT2D eigenvalue weighted by atomic mass is 9.82. The fraction of sp³-hybridized carbons (Fsp3) is 0.273. The third-order valence-corrected chi connectivity index (χ3v) is 12.9. The molecule has 1 heterocycles. The average Bonchev–Trinajstić information content (AvgIpc) is 3.85. The van der Waals surface area contributed by atoms with E-state index in [1.807, 2.05) is 24.3 Å². The lowest BCUT2D eigenvalue weighted by molar-refractivity contribution is -0.145. The molecule has 400 valence electrons. The summed E-state index contributed by atoms with van der Waals surface area (Å²) in [7, 11) is 0. The van der Waals surface area contributed by atoms with Crippen molar-refractivity contribution in [3.63, 3.8) is 0 Å². The quantitative estimate of drug-likeness (QED) is 0.0170. The molecule has 5 aromatic rings. The molecule has 0 unspecified atom stereocenters. The summed E-state index contributed by atoms with van der Waals surface area (Å²) in [6.07, 6.45) is 6.71. The van der Waals surface area contributed by atoms with Crippen molar-refractivity contribution in [1.29, 1.82) is 0 Å². The van der Waals surface area contributed by atoms with E-state index in [1.54, 1.807) is 0 Å². The summed E-state index contributed by atoms with van der Waals surface area (Å²) < 4.78 is 54.9. The first-order valence-electron chi connectivity index (χ1n) is 24.0. The maximum atomic E-state index is 13.7. The van der Waals surface area contributed by atoms with Crippen molar-refractivity contribution in [1.82, 2.24) is 4.98 Å². The van der Waals surface area contributed by atoms with Crippen molar-refractivity contribution in [2.24, 2.45) is 28.8 Å². The number of fused-ring (bicyclic) bond motifs is 1. The molecule has 0 atom stereocenters. The summed E-state index contributed by atoms with van der Waals surface area (Å²) >= 11 is 1.38. The number of hydrazone groups is 1. The highest BCUT2D eigenvalue weighted by Crippen LogP contribution is 2.38. The van der Waals surface area contributed by atoms with E-state index in [4.69, 9.17) is 47.4 Å². The second-order valence-corrected chi connectivity index (χ2v) is 18.2. The molecule has 0 radical (unpaired) electrons. The Hall–Kier alpha value is -9.18. The van der Waals surface area contributed by atoms with Gasteiger partial charge in [0.05, 0.1) is 40.1 Å². The van der Waals surface area contributed by atoms with Gasteiger partial charge in [-0.05, 0) is 106 Å². The van der Waals surface area contributed by atoms with E-state index in [0.717, 1.165) is 28.4 Å². The molecule has 1 aromatic heterocycles. The van der Waals surface area contributed by atoms with Gasteiger partial charge in [0.15, 0.2) is 23.0 Å². The summed E-state index contributed by atoms with van der Waals surface area (Å²) in [5.41, 5.74) is 3.98. The number of carbonyl (C=O) groups excluding carboxylic acids is 8. The number of benzene rings is 4. The van der Waals surface area contributed by atoms with Crippen LogP contribution in [0.5, 0.6) is 46.0 Å². The van der Waals surface area contributed by atoms with Crippen LogP contribution in [0.15, 0.2) is 122 Å². The smallest absolute Gasteiger partial charge is 0.335 e. The standard InChI is InChI=1S/C55H51N3O18S/c1-5-48(60)69-30-67-45-27-39(21-24-43(45)71-32(4)59)73-52(64)34-14-12-33(13-15-34)51(63)72-38-20-23-42(37(26-38)29-56-58-55-57-41-10-8-9-11-47(41)77-55)76-54(66)36-18-16-35(17-19-36)53(65)74-40-22-25-44(75-50(62)7-3)46(28-40)68-31-70-49(61)6-2/h5-11,20-29,33-36H,1-3,12-19,30-31H2,4H3,(H,57,58)/b56-29+. The van der Waals surface area contributed by atoms with Crippen molar-refractivity contribution in [3.05, 3.63) is 122 Å². The molecule has 21 nitrogen and oxygen atoms in total. The molecule has 2 fully saturated rings. The summed E-state index contributed by atoms with van der Waals surface area (Å²) in [6, 6.07) is 20.2.